The first-order valence-electron chi connectivity index (χ1n) is 5.98. The fourth-order valence-electron chi connectivity index (χ4n) is 1.64. The molecule has 0 aliphatic heterocycles. The summed E-state index contributed by atoms with van der Waals surface area (Å²) in [5, 5.41) is 12.3. The van der Waals surface area contributed by atoms with E-state index in [0.717, 1.165) is 25.7 Å². The number of carbonyl (C=O) groups is 1. The Bertz CT molecular complexity index is 180. The predicted octanol–water partition coefficient (Wildman–Crippen LogP) is 2.09. The van der Waals surface area contributed by atoms with Crippen LogP contribution in [0.1, 0.15) is 53.4 Å². The van der Waals surface area contributed by atoms with Crippen LogP contribution < -0.4 is 5.32 Å². The van der Waals surface area contributed by atoms with E-state index in [0.29, 0.717) is 0 Å². The molecule has 0 aromatic heterocycles. The summed E-state index contributed by atoms with van der Waals surface area (Å²) in [7, 11) is 0. The molecule has 0 saturated carbocycles. The molecule has 0 radical (unpaired) electrons. The maximum absolute atomic E-state index is 11.8. The number of hydrogen-bond donors (Lipinski definition) is 2. The molecule has 0 fully saturated rings. The fourth-order valence-corrected chi connectivity index (χ4v) is 1.64. The van der Waals surface area contributed by atoms with E-state index in [2.05, 4.69) is 12.2 Å². The van der Waals surface area contributed by atoms with E-state index in [4.69, 9.17) is 0 Å². The van der Waals surface area contributed by atoms with Crippen molar-refractivity contribution in [3.63, 3.8) is 0 Å². The molecule has 1 unspecified atom stereocenters. The predicted molar refractivity (Wildman–Crippen MR) is 62.6 cm³/mol. The van der Waals surface area contributed by atoms with E-state index >= 15 is 0 Å². The van der Waals surface area contributed by atoms with Gasteiger partial charge in [-0.15, -0.1) is 0 Å². The lowest BCUT2D eigenvalue weighted by Crippen LogP contribution is -2.52. The highest BCUT2D eigenvalue weighted by Gasteiger charge is 2.28. The Morgan fingerprint density at radius 1 is 1.33 bits per heavy atom. The Labute approximate surface area is 93.3 Å². The molecule has 0 spiro atoms. The van der Waals surface area contributed by atoms with Gasteiger partial charge in [-0.25, -0.2) is 0 Å². The van der Waals surface area contributed by atoms with Gasteiger partial charge in [0, 0.05) is 5.92 Å². The van der Waals surface area contributed by atoms with Crippen molar-refractivity contribution in [1.82, 2.24) is 5.32 Å². The van der Waals surface area contributed by atoms with E-state index in [1.54, 1.807) is 0 Å². The second-order valence-electron chi connectivity index (χ2n) is 4.32. The number of hydrogen-bond acceptors (Lipinski definition) is 2. The van der Waals surface area contributed by atoms with Crippen LogP contribution in [0, 0.1) is 5.92 Å². The first-order valence-corrected chi connectivity index (χ1v) is 5.98. The van der Waals surface area contributed by atoms with Gasteiger partial charge in [-0.2, -0.15) is 0 Å². The van der Waals surface area contributed by atoms with E-state index in [9.17, 15) is 9.90 Å². The molecular weight excluding hydrogens is 190 g/mol. The lowest BCUT2D eigenvalue weighted by molar-refractivity contribution is -0.127. The average Bonchev–Trinajstić information content (AvgIpc) is 2.26. The van der Waals surface area contributed by atoms with Gasteiger partial charge in [-0.3, -0.25) is 4.79 Å². The van der Waals surface area contributed by atoms with Crippen LogP contribution in [0.25, 0.3) is 0 Å². The summed E-state index contributed by atoms with van der Waals surface area (Å²) >= 11 is 0. The quantitative estimate of drug-likeness (QED) is 0.683. The second-order valence-corrected chi connectivity index (χ2v) is 4.32. The molecule has 3 nitrogen and oxygen atoms in total. The summed E-state index contributed by atoms with van der Waals surface area (Å²) < 4.78 is 0. The zero-order chi connectivity index (χ0) is 11.9. The third kappa shape index (κ3) is 4.20. The molecule has 0 aliphatic rings. The lowest BCUT2D eigenvalue weighted by atomic mass is 9.92. The average molecular weight is 215 g/mol. The van der Waals surface area contributed by atoms with Gasteiger partial charge in [0.1, 0.15) is 0 Å². The zero-order valence-electron chi connectivity index (χ0n) is 10.5. The monoisotopic (exact) mass is 215 g/mol. The SMILES string of the molecule is CCCC(C)C(=O)NC(CC)(CC)CO. The minimum absolute atomic E-state index is 0.0184. The minimum Gasteiger partial charge on any atom is -0.394 e. The van der Waals surface area contributed by atoms with E-state index in [1.165, 1.54) is 0 Å². The van der Waals surface area contributed by atoms with Crippen LogP contribution in [0.4, 0.5) is 0 Å². The number of carbonyl (C=O) groups excluding carboxylic acids is 1. The van der Waals surface area contributed by atoms with E-state index in [-0.39, 0.29) is 18.4 Å². The standard InChI is InChI=1S/C12H25NO2/c1-5-8-10(4)11(15)13-12(6-2,7-3)9-14/h10,14H,5-9H2,1-4H3,(H,13,15). The van der Waals surface area contributed by atoms with Crippen molar-refractivity contribution in [1.29, 1.82) is 0 Å². The summed E-state index contributed by atoms with van der Waals surface area (Å²) in [5.74, 6) is 0.105. The van der Waals surface area contributed by atoms with Crippen molar-refractivity contribution in [2.45, 2.75) is 58.9 Å². The Morgan fingerprint density at radius 3 is 2.20 bits per heavy atom. The Balaban J connectivity index is 4.34. The molecule has 0 saturated heterocycles. The van der Waals surface area contributed by atoms with Gasteiger partial charge < -0.3 is 10.4 Å². The first-order chi connectivity index (χ1) is 7.05. The van der Waals surface area contributed by atoms with Crippen LogP contribution in [0.2, 0.25) is 0 Å². The fraction of sp³-hybridized carbons (Fsp3) is 0.917. The Morgan fingerprint density at radius 2 is 1.87 bits per heavy atom. The molecule has 90 valence electrons. The highest BCUT2D eigenvalue weighted by Crippen LogP contribution is 2.16. The van der Waals surface area contributed by atoms with Gasteiger partial charge in [-0.1, -0.05) is 34.1 Å². The van der Waals surface area contributed by atoms with Crippen molar-refractivity contribution in [3.05, 3.63) is 0 Å². The van der Waals surface area contributed by atoms with Crippen LogP contribution in [-0.2, 0) is 4.79 Å². The molecule has 0 heterocycles. The molecular formula is C12H25NO2. The number of aliphatic hydroxyl groups excluding tert-OH is 1. The van der Waals surface area contributed by atoms with Crippen LogP contribution in [0.3, 0.4) is 0 Å². The summed E-state index contributed by atoms with van der Waals surface area (Å²) in [4.78, 5) is 11.8. The molecule has 0 aromatic carbocycles. The van der Waals surface area contributed by atoms with Crippen LogP contribution in [0.5, 0.6) is 0 Å². The number of amides is 1. The van der Waals surface area contributed by atoms with Gasteiger partial charge in [0.05, 0.1) is 12.1 Å². The molecule has 0 aliphatic carbocycles. The molecule has 3 heteroatoms. The first kappa shape index (κ1) is 14.4. The van der Waals surface area contributed by atoms with E-state index < -0.39 is 5.54 Å². The van der Waals surface area contributed by atoms with Gasteiger partial charge in [0.25, 0.3) is 0 Å². The minimum atomic E-state index is -0.418. The second kappa shape index (κ2) is 6.83. The van der Waals surface area contributed by atoms with Crippen LogP contribution in [-0.4, -0.2) is 23.2 Å². The number of rotatable bonds is 7. The largest absolute Gasteiger partial charge is 0.394 e. The van der Waals surface area contributed by atoms with Crippen LogP contribution >= 0.6 is 0 Å². The van der Waals surface area contributed by atoms with Gasteiger partial charge >= 0.3 is 0 Å². The third-order valence-electron chi connectivity index (χ3n) is 3.21. The summed E-state index contributed by atoms with van der Waals surface area (Å²) in [6, 6.07) is 0. The van der Waals surface area contributed by atoms with E-state index in [1.807, 2.05) is 20.8 Å². The molecule has 0 aromatic rings. The van der Waals surface area contributed by atoms with Crippen molar-refractivity contribution >= 4 is 5.91 Å². The summed E-state index contributed by atoms with van der Waals surface area (Å²) in [6.07, 6.45) is 3.45. The topological polar surface area (TPSA) is 49.3 Å². The number of nitrogens with one attached hydrogen (secondary N) is 1. The third-order valence-corrected chi connectivity index (χ3v) is 3.21. The normalized spacial score (nSPS) is 13.7. The molecule has 15 heavy (non-hydrogen) atoms. The molecule has 2 N–H and O–H groups in total. The van der Waals surface area contributed by atoms with Gasteiger partial charge in [-0.05, 0) is 19.3 Å². The molecule has 1 atom stereocenters. The zero-order valence-corrected chi connectivity index (χ0v) is 10.5. The van der Waals surface area contributed by atoms with Crippen LogP contribution in [0.15, 0.2) is 0 Å². The smallest absolute Gasteiger partial charge is 0.223 e. The van der Waals surface area contributed by atoms with Crippen molar-refractivity contribution in [3.8, 4) is 0 Å². The lowest BCUT2D eigenvalue weighted by Gasteiger charge is -2.32. The Kier molecular flexibility index (Phi) is 6.57. The summed E-state index contributed by atoms with van der Waals surface area (Å²) in [5.41, 5.74) is -0.418. The highest BCUT2D eigenvalue weighted by atomic mass is 16.3. The molecule has 0 rings (SSSR count). The van der Waals surface area contributed by atoms with Crippen molar-refractivity contribution in [2.24, 2.45) is 5.92 Å². The van der Waals surface area contributed by atoms with Gasteiger partial charge in [0.2, 0.25) is 5.91 Å². The Hall–Kier alpha value is -0.570. The molecule has 1 amide bonds. The highest BCUT2D eigenvalue weighted by molar-refractivity contribution is 5.79. The maximum atomic E-state index is 11.8. The number of aliphatic hydroxyl groups is 1. The van der Waals surface area contributed by atoms with Crippen molar-refractivity contribution in [2.75, 3.05) is 6.61 Å². The molecule has 0 bridgehead atoms. The van der Waals surface area contributed by atoms with Gasteiger partial charge in [0.15, 0.2) is 0 Å². The summed E-state index contributed by atoms with van der Waals surface area (Å²) in [6.45, 7) is 8.01. The van der Waals surface area contributed by atoms with Crippen molar-refractivity contribution < 1.29 is 9.90 Å². The maximum Gasteiger partial charge on any atom is 0.223 e.